The van der Waals surface area contributed by atoms with E-state index < -0.39 is 11.4 Å². The van der Waals surface area contributed by atoms with Crippen LogP contribution in [-0.4, -0.2) is 23.5 Å². The molecule has 0 radical (unpaired) electrons. The molecule has 0 saturated heterocycles. The van der Waals surface area contributed by atoms with Gasteiger partial charge in [0.05, 0.1) is 5.41 Å². The predicted molar refractivity (Wildman–Crippen MR) is 68.1 cm³/mol. The summed E-state index contributed by atoms with van der Waals surface area (Å²) in [6.45, 7) is 0.699. The second-order valence-corrected chi connectivity index (χ2v) is 5.90. The van der Waals surface area contributed by atoms with Crippen molar-refractivity contribution in [3.63, 3.8) is 0 Å². The van der Waals surface area contributed by atoms with Gasteiger partial charge in [0.1, 0.15) is 0 Å². The van der Waals surface area contributed by atoms with Crippen LogP contribution in [0.1, 0.15) is 57.8 Å². The van der Waals surface area contributed by atoms with Gasteiger partial charge in [-0.2, -0.15) is 0 Å². The molecule has 2 rings (SSSR count). The summed E-state index contributed by atoms with van der Waals surface area (Å²) in [6.07, 6.45) is 8.23. The van der Waals surface area contributed by atoms with Gasteiger partial charge in [-0.05, 0) is 31.6 Å². The van der Waals surface area contributed by atoms with E-state index in [2.05, 4.69) is 5.32 Å². The normalized spacial score (nSPS) is 21.8. The number of aliphatic carboxylic acids is 1. The van der Waals surface area contributed by atoms with Crippen LogP contribution < -0.4 is 5.32 Å². The summed E-state index contributed by atoms with van der Waals surface area (Å²) >= 11 is 0. The molecule has 0 aromatic rings. The monoisotopic (exact) mass is 253 g/mol. The van der Waals surface area contributed by atoms with Gasteiger partial charge in [0.2, 0.25) is 5.91 Å². The summed E-state index contributed by atoms with van der Waals surface area (Å²) in [5.41, 5.74) is -0.777. The van der Waals surface area contributed by atoms with E-state index in [1.807, 2.05) is 0 Å². The number of nitrogens with one attached hydrogen (secondary N) is 1. The third-order valence-corrected chi connectivity index (χ3v) is 4.32. The molecule has 102 valence electrons. The Balaban J connectivity index is 1.69. The van der Waals surface area contributed by atoms with E-state index in [0.29, 0.717) is 19.4 Å². The molecule has 0 aliphatic heterocycles. The maximum atomic E-state index is 11.8. The number of carbonyl (C=O) groups excluding carboxylic acids is 1. The maximum absolute atomic E-state index is 11.8. The average molecular weight is 253 g/mol. The lowest BCUT2D eigenvalue weighted by atomic mass is 9.82. The first kappa shape index (κ1) is 13.4. The standard InChI is InChI=1S/C14H23NO3/c16-12(15-9-3-4-11-5-6-11)10-14(13(17)18)7-1-2-8-14/h11H,1-10H2,(H,15,16)(H,17,18). The van der Waals surface area contributed by atoms with Gasteiger partial charge in [0, 0.05) is 13.0 Å². The van der Waals surface area contributed by atoms with Crippen molar-refractivity contribution in [1.82, 2.24) is 5.32 Å². The highest BCUT2D eigenvalue weighted by atomic mass is 16.4. The molecule has 4 heteroatoms. The molecule has 2 saturated carbocycles. The number of carbonyl (C=O) groups is 2. The third kappa shape index (κ3) is 3.47. The highest BCUT2D eigenvalue weighted by molar-refractivity contribution is 5.85. The van der Waals surface area contributed by atoms with Gasteiger partial charge in [-0.15, -0.1) is 0 Å². The Bertz CT molecular complexity index is 317. The van der Waals surface area contributed by atoms with Crippen molar-refractivity contribution >= 4 is 11.9 Å². The van der Waals surface area contributed by atoms with Crippen molar-refractivity contribution < 1.29 is 14.7 Å². The van der Waals surface area contributed by atoms with Crippen LogP contribution in [0.25, 0.3) is 0 Å². The zero-order chi connectivity index (χ0) is 13.0. The smallest absolute Gasteiger partial charge is 0.310 e. The van der Waals surface area contributed by atoms with Gasteiger partial charge in [-0.25, -0.2) is 0 Å². The van der Waals surface area contributed by atoms with E-state index in [1.165, 1.54) is 19.3 Å². The Morgan fingerprint density at radius 1 is 1.22 bits per heavy atom. The van der Waals surface area contributed by atoms with Gasteiger partial charge < -0.3 is 10.4 Å². The molecule has 0 spiro atoms. The summed E-state index contributed by atoms with van der Waals surface area (Å²) < 4.78 is 0. The van der Waals surface area contributed by atoms with Gasteiger partial charge in [-0.1, -0.05) is 25.7 Å². The average Bonchev–Trinajstić information content (AvgIpc) is 3.03. The Morgan fingerprint density at radius 3 is 2.44 bits per heavy atom. The summed E-state index contributed by atoms with van der Waals surface area (Å²) in [5.74, 6) is 0.00493. The topological polar surface area (TPSA) is 66.4 Å². The largest absolute Gasteiger partial charge is 0.481 e. The highest BCUT2D eigenvalue weighted by Crippen LogP contribution is 2.41. The molecule has 0 aromatic carbocycles. The predicted octanol–water partition coefficient (Wildman–Crippen LogP) is 2.33. The van der Waals surface area contributed by atoms with Crippen LogP contribution in [0.4, 0.5) is 0 Å². The molecule has 0 bridgehead atoms. The lowest BCUT2D eigenvalue weighted by Gasteiger charge is -2.22. The molecule has 2 N–H and O–H groups in total. The van der Waals surface area contributed by atoms with Crippen molar-refractivity contribution in [1.29, 1.82) is 0 Å². The fraction of sp³-hybridized carbons (Fsp3) is 0.857. The van der Waals surface area contributed by atoms with Gasteiger partial charge in [0.15, 0.2) is 0 Å². The second-order valence-electron chi connectivity index (χ2n) is 5.90. The third-order valence-electron chi connectivity index (χ3n) is 4.32. The minimum atomic E-state index is -0.798. The quantitative estimate of drug-likeness (QED) is 0.684. The molecule has 18 heavy (non-hydrogen) atoms. The lowest BCUT2D eigenvalue weighted by molar-refractivity contribution is -0.151. The highest BCUT2D eigenvalue weighted by Gasteiger charge is 2.42. The first-order valence-electron chi connectivity index (χ1n) is 7.12. The van der Waals surface area contributed by atoms with Crippen molar-refractivity contribution in [3.05, 3.63) is 0 Å². The van der Waals surface area contributed by atoms with Crippen molar-refractivity contribution in [3.8, 4) is 0 Å². The van der Waals surface area contributed by atoms with Gasteiger partial charge >= 0.3 is 5.97 Å². The van der Waals surface area contributed by atoms with Crippen molar-refractivity contribution in [2.45, 2.75) is 57.8 Å². The fourth-order valence-electron chi connectivity index (χ4n) is 2.91. The Morgan fingerprint density at radius 2 is 1.89 bits per heavy atom. The first-order valence-corrected chi connectivity index (χ1v) is 7.12. The number of rotatable bonds is 7. The van der Waals surface area contributed by atoms with E-state index in [0.717, 1.165) is 25.2 Å². The molecular formula is C14H23NO3. The van der Waals surface area contributed by atoms with E-state index in [4.69, 9.17) is 0 Å². The number of amides is 1. The van der Waals surface area contributed by atoms with Crippen LogP contribution >= 0.6 is 0 Å². The summed E-state index contributed by atoms with van der Waals surface area (Å²) in [4.78, 5) is 23.1. The zero-order valence-corrected chi connectivity index (χ0v) is 10.9. The number of hydrogen-bond donors (Lipinski definition) is 2. The first-order chi connectivity index (χ1) is 8.62. The molecule has 2 fully saturated rings. The number of carboxylic acids is 1. The van der Waals surface area contributed by atoms with E-state index in [1.54, 1.807) is 0 Å². The molecule has 2 aliphatic carbocycles. The molecule has 4 nitrogen and oxygen atoms in total. The molecule has 0 heterocycles. The minimum Gasteiger partial charge on any atom is -0.481 e. The summed E-state index contributed by atoms with van der Waals surface area (Å²) in [5, 5.41) is 12.2. The van der Waals surface area contributed by atoms with Crippen LogP contribution in [-0.2, 0) is 9.59 Å². The Hall–Kier alpha value is -1.06. The van der Waals surface area contributed by atoms with E-state index >= 15 is 0 Å². The molecule has 0 aromatic heterocycles. The van der Waals surface area contributed by atoms with Crippen LogP contribution in [0, 0.1) is 11.3 Å². The van der Waals surface area contributed by atoms with Crippen molar-refractivity contribution in [2.75, 3.05) is 6.54 Å². The number of hydrogen-bond acceptors (Lipinski definition) is 2. The molecule has 1 amide bonds. The lowest BCUT2D eigenvalue weighted by Crippen LogP contribution is -2.36. The molecule has 2 aliphatic rings. The Kier molecular flexibility index (Phi) is 4.25. The van der Waals surface area contributed by atoms with Crippen LogP contribution in [0.2, 0.25) is 0 Å². The van der Waals surface area contributed by atoms with E-state index in [9.17, 15) is 14.7 Å². The van der Waals surface area contributed by atoms with Crippen LogP contribution in [0.5, 0.6) is 0 Å². The fourth-order valence-corrected chi connectivity index (χ4v) is 2.91. The molecule has 0 unspecified atom stereocenters. The van der Waals surface area contributed by atoms with Gasteiger partial charge in [-0.3, -0.25) is 9.59 Å². The second kappa shape index (κ2) is 5.72. The Labute approximate surface area is 108 Å². The zero-order valence-electron chi connectivity index (χ0n) is 10.9. The molecular weight excluding hydrogens is 230 g/mol. The summed E-state index contributed by atoms with van der Waals surface area (Å²) in [7, 11) is 0. The van der Waals surface area contributed by atoms with Gasteiger partial charge in [0.25, 0.3) is 0 Å². The van der Waals surface area contributed by atoms with Crippen molar-refractivity contribution in [2.24, 2.45) is 11.3 Å². The summed E-state index contributed by atoms with van der Waals surface area (Å²) in [6, 6.07) is 0. The SMILES string of the molecule is O=C(CC1(C(=O)O)CCCC1)NCCCC1CC1. The van der Waals surface area contributed by atoms with E-state index in [-0.39, 0.29) is 12.3 Å². The molecule has 0 atom stereocenters. The van der Waals surface area contributed by atoms with Crippen LogP contribution in [0.3, 0.4) is 0 Å². The minimum absolute atomic E-state index is 0.0879. The van der Waals surface area contributed by atoms with Crippen LogP contribution in [0.15, 0.2) is 0 Å². The number of carboxylic acid groups (broad SMARTS) is 1. The maximum Gasteiger partial charge on any atom is 0.310 e.